The molecule has 1 aromatic heterocycles. The molecule has 0 atom stereocenters. The number of carboxylic acids is 1. The van der Waals surface area contributed by atoms with Crippen LogP contribution in [0.1, 0.15) is 31.2 Å². The van der Waals surface area contributed by atoms with Crippen LogP contribution < -0.4 is 15.5 Å². The molecule has 1 saturated carbocycles. The van der Waals surface area contributed by atoms with E-state index in [2.05, 4.69) is 20.6 Å². The predicted molar refractivity (Wildman–Crippen MR) is 128 cm³/mol. The Balaban J connectivity index is 0.000000604. The summed E-state index contributed by atoms with van der Waals surface area (Å²) < 4.78 is 58.1. The smallest absolute Gasteiger partial charge is 0.475 e. The van der Waals surface area contributed by atoms with Crippen molar-refractivity contribution in [1.29, 1.82) is 0 Å². The molecule has 1 aliphatic carbocycles. The van der Waals surface area contributed by atoms with E-state index in [0.29, 0.717) is 5.95 Å². The molecule has 3 N–H and O–H groups in total. The van der Waals surface area contributed by atoms with Crippen molar-refractivity contribution in [3.05, 3.63) is 41.6 Å². The molecule has 1 aromatic carbocycles. The highest BCUT2D eigenvalue weighted by atomic mass is 19.4. The normalized spacial score (nSPS) is 17.2. The molecular weight excluding hydrogens is 503 g/mol. The van der Waals surface area contributed by atoms with Crippen LogP contribution in [0.2, 0.25) is 0 Å². The van der Waals surface area contributed by atoms with Gasteiger partial charge in [-0.05, 0) is 44.7 Å². The van der Waals surface area contributed by atoms with Gasteiger partial charge in [-0.15, -0.1) is 0 Å². The van der Waals surface area contributed by atoms with Crippen molar-refractivity contribution in [3.63, 3.8) is 0 Å². The minimum atomic E-state index is -5.08. The lowest BCUT2D eigenvalue weighted by molar-refractivity contribution is -0.192. The molecule has 3 rings (SSSR count). The number of hydrogen-bond donors (Lipinski definition) is 3. The van der Waals surface area contributed by atoms with E-state index < -0.39 is 23.8 Å². The number of nitrogens with one attached hydrogen (secondary N) is 2. The Hall–Kier alpha value is -3.71. The number of alkyl halides is 3. The first-order chi connectivity index (χ1) is 17.2. The SMILES string of the molecule is Cc1cnc(NC2CCC(N(C)C(=O)Nc3ccc(F)c(F)c3)CC2)nc1N(C)C.O=C(O)C(F)(F)F. The van der Waals surface area contributed by atoms with Crippen molar-refractivity contribution in [2.45, 2.75) is 50.9 Å². The summed E-state index contributed by atoms with van der Waals surface area (Å²) in [6, 6.07) is 3.29. The van der Waals surface area contributed by atoms with Gasteiger partial charge in [-0.2, -0.15) is 18.2 Å². The summed E-state index contributed by atoms with van der Waals surface area (Å²) in [4.78, 5) is 33.9. The number of rotatable bonds is 5. The monoisotopic (exact) mass is 532 g/mol. The van der Waals surface area contributed by atoms with E-state index in [9.17, 15) is 26.7 Å². The molecule has 0 aliphatic heterocycles. The summed E-state index contributed by atoms with van der Waals surface area (Å²) >= 11 is 0. The zero-order valence-corrected chi connectivity index (χ0v) is 20.7. The maximum atomic E-state index is 13.3. The van der Waals surface area contributed by atoms with Crippen molar-refractivity contribution in [2.75, 3.05) is 36.7 Å². The molecule has 0 bridgehead atoms. The standard InChI is InChI=1S/C21H28F2N6O.C2HF3O2/c1-13-12-24-20(27-19(13)28(2)3)25-14-5-8-16(9-6-14)29(4)21(30)26-15-7-10-17(22)18(23)11-15;3-2(4,5)1(6)7/h7,10-12,14,16H,5-6,8-9H2,1-4H3,(H,26,30)(H,24,25,27);(H,6,7). The molecule has 1 aliphatic rings. The Morgan fingerprint density at radius 3 is 2.16 bits per heavy atom. The van der Waals surface area contributed by atoms with Crippen LogP contribution in [-0.4, -0.2) is 71.4 Å². The number of aliphatic carboxylic acids is 1. The van der Waals surface area contributed by atoms with E-state index in [1.165, 1.54) is 6.07 Å². The molecule has 0 saturated heterocycles. The third-order valence-electron chi connectivity index (χ3n) is 5.68. The van der Waals surface area contributed by atoms with E-state index in [0.717, 1.165) is 49.2 Å². The largest absolute Gasteiger partial charge is 0.490 e. The molecule has 0 spiro atoms. The van der Waals surface area contributed by atoms with Crippen molar-refractivity contribution in [2.24, 2.45) is 0 Å². The molecule has 1 fully saturated rings. The quantitative estimate of drug-likeness (QED) is 0.481. The summed E-state index contributed by atoms with van der Waals surface area (Å²) in [6.45, 7) is 1.98. The van der Waals surface area contributed by atoms with Gasteiger partial charge in [0.25, 0.3) is 0 Å². The number of carbonyl (C=O) groups excluding carboxylic acids is 1. The van der Waals surface area contributed by atoms with Crippen LogP contribution in [-0.2, 0) is 4.79 Å². The lowest BCUT2D eigenvalue weighted by Crippen LogP contribution is -2.43. The Kier molecular flexibility index (Phi) is 9.97. The minimum absolute atomic E-state index is 0.0737. The van der Waals surface area contributed by atoms with Gasteiger partial charge in [0.15, 0.2) is 11.6 Å². The second-order valence-electron chi connectivity index (χ2n) is 8.72. The number of hydrogen-bond acceptors (Lipinski definition) is 6. The van der Waals surface area contributed by atoms with Crippen molar-refractivity contribution in [3.8, 4) is 0 Å². The van der Waals surface area contributed by atoms with E-state index in [-0.39, 0.29) is 23.8 Å². The number of urea groups is 1. The van der Waals surface area contributed by atoms with Crippen LogP contribution in [0.5, 0.6) is 0 Å². The van der Waals surface area contributed by atoms with Crippen LogP contribution in [0.3, 0.4) is 0 Å². The molecule has 9 nitrogen and oxygen atoms in total. The van der Waals surface area contributed by atoms with Gasteiger partial charge >= 0.3 is 18.2 Å². The van der Waals surface area contributed by atoms with E-state index >= 15 is 0 Å². The number of carboxylic acid groups (broad SMARTS) is 1. The Morgan fingerprint density at radius 1 is 1.05 bits per heavy atom. The highest BCUT2D eigenvalue weighted by Gasteiger charge is 2.38. The van der Waals surface area contributed by atoms with Gasteiger partial charge in [-0.25, -0.2) is 23.4 Å². The van der Waals surface area contributed by atoms with Gasteiger partial charge in [-0.1, -0.05) is 0 Å². The fourth-order valence-corrected chi connectivity index (χ4v) is 3.70. The third-order valence-corrected chi connectivity index (χ3v) is 5.68. The minimum Gasteiger partial charge on any atom is -0.475 e. The average Bonchev–Trinajstić information content (AvgIpc) is 2.82. The second kappa shape index (κ2) is 12.5. The van der Waals surface area contributed by atoms with Crippen LogP contribution in [0.4, 0.5) is 44.2 Å². The number of aromatic nitrogens is 2. The Bertz CT molecular complexity index is 1090. The molecule has 37 heavy (non-hydrogen) atoms. The first-order valence-corrected chi connectivity index (χ1v) is 11.3. The van der Waals surface area contributed by atoms with Crippen LogP contribution >= 0.6 is 0 Å². The molecule has 204 valence electrons. The van der Waals surface area contributed by atoms with Crippen LogP contribution in [0.25, 0.3) is 0 Å². The first kappa shape index (κ1) is 29.5. The number of halogens is 5. The zero-order chi connectivity index (χ0) is 27.9. The van der Waals surface area contributed by atoms with Gasteiger partial charge in [0.05, 0.1) is 0 Å². The maximum absolute atomic E-state index is 13.3. The van der Waals surface area contributed by atoms with Gasteiger partial charge in [0, 0.05) is 56.7 Å². The summed E-state index contributed by atoms with van der Waals surface area (Å²) in [5.74, 6) is -3.19. The number of amides is 2. The fourth-order valence-electron chi connectivity index (χ4n) is 3.70. The molecule has 0 unspecified atom stereocenters. The van der Waals surface area contributed by atoms with E-state index in [4.69, 9.17) is 9.90 Å². The van der Waals surface area contributed by atoms with Crippen molar-refractivity contribution in [1.82, 2.24) is 14.9 Å². The molecule has 2 amide bonds. The zero-order valence-electron chi connectivity index (χ0n) is 20.7. The van der Waals surface area contributed by atoms with Crippen LogP contribution in [0, 0.1) is 18.6 Å². The van der Waals surface area contributed by atoms with E-state index in [1.54, 1.807) is 11.9 Å². The highest BCUT2D eigenvalue weighted by Crippen LogP contribution is 2.26. The topological polar surface area (TPSA) is 111 Å². The lowest BCUT2D eigenvalue weighted by Gasteiger charge is -2.35. The Morgan fingerprint density at radius 2 is 1.65 bits per heavy atom. The van der Waals surface area contributed by atoms with Gasteiger partial charge < -0.3 is 25.5 Å². The highest BCUT2D eigenvalue weighted by molar-refractivity contribution is 5.89. The first-order valence-electron chi connectivity index (χ1n) is 11.3. The number of carbonyl (C=O) groups is 2. The molecule has 14 heteroatoms. The number of nitrogens with zero attached hydrogens (tertiary/aromatic N) is 4. The summed E-state index contributed by atoms with van der Waals surface area (Å²) in [5, 5.41) is 13.1. The number of anilines is 3. The van der Waals surface area contributed by atoms with Gasteiger partial charge in [-0.3, -0.25) is 0 Å². The predicted octanol–water partition coefficient (Wildman–Crippen LogP) is 4.65. The van der Waals surface area contributed by atoms with Gasteiger partial charge in [0.1, 0.15) is 5.82 Å². The van der Waals surface area contributed by atoms with Crippen LogP contribution in [0.15, 0.2) is 24.4 Å². The van der Waals surface area contributed by atoms with Crippen molar-refractivity contribution < 1.29 is 36.6 Å². The lowest BCUT2D eigenvalue weighted by atomic mass is 9.90. The molecule has 1 heterocycles. The second-order valence-corrected chi connectivity index (χ2v) is 8.72. The molecule has 2 aromatic rings. The summed E-state index contributed by atoms with van der Waals surface area (Å²) in [7, 11) is 5.62. The van der Waals surface area contributed by atoms with E-state index in [1.807, 2.05) is 32.1 Å². The fraction of sp³-hybridized carbons (Fsp3) is 0.478. The maximum Gasteiger partial charge on any atom is 0.490 e. The van der Waals surface area contributed by atoms with Gasteiger partial charge in [0.2, 0.25) is 5.95 Å². The summed E-state index contributed by atoms with van der Waals surface area (Å²) in [5.41, 5.74) is 1.25. The summed E-state index contributed by atoms with van der Waals surface area (Å²) in [6.07, 6.45) is 0.133. The number of aryl methyl sites for hydroxylation is 1. The molecular formula is C23H29F5N6O3. The van der Waals surface area contributed by atoms with Crippen molar-refractivity contribution >= 4 is 29.5 Å². The molecule has 0 radical (unpaired) electrons. The Labute approximate surface area is 210 Å². The third kappa shape index (κ3) is 8.72. The number of benzene rings is 1. The average molecular weight is 533 g/mol.